The minimum absolute atomic E-state index is 0.354. The van der Waals surface area contributed by atoms with E-state index in [2.05, 4.69) is 10.6 Å². The van der Waals surface area contributed by atoms with E-state index in [0.717, 1.165) is 0 Å². The van der Waals surface area contributed by atoms with Crippen molar-refractivity contribution in [2.45, 2.75) is 39.3 Å². The summed E-state index contributed by atoms with van der Waals surface area (Å²) in [5, 5.41) is 5.24. The first kappa shape index (κ1) is 21.1. The SMILES string of the molecule is COc1cccc(Oc2ccc(NC(=O)[C@@H](C)NC(=O)OC(C)(C)C)cc2)c1. The fourth-order valence-electron chi connectivity index (χ4n) is 2.21. The van der Waals surface area contributed by atoms with Gasteiger partial charge < -0.3 is 24.8 Å². The Morgan fingerprint density at radius 3 is 2.21 bits per heavy atom. The summed E-state index contributed by atoms with van der Waals surface area (Å²) in [6.45, 7) is 6.85. The van der Waals surface area contributed by atoms with Gasteiger partial charge in [-0.05, 0) is 64.1 Å². The van der Waals surface area contributed by atoms with Crippen LogP contribution < -0.4 is 20.1 Å². The zero-order valence-corrected chi connectivity index (χ0v) is 16.7. The van der Waals surface area contributed by atoms with E-state index in [1.54, 1.807) is 65.1 Å². The van der Waals surface area contributed by atoms with Crippen LogP contribution in [-0.4, -0.2) is 30.8 Å². The third kappa shape index (κ3) is 6.83. The van der Waals surface area contributed by atoms with Crippen molar-refractivity contribution in [2.24, 2.45) is 0 Å². The largest absolute Gasteiger partial charge is 0.497 e. The number of carbonyl (C=O) groups excluding carboxylic acids is 2. The molecular weight excluding hydrogens is 360 g/mol. The smallest absolute Gasteiger partial charge is 0.408 e. The van der Waals surface area contributed by atoms with Crippen LogP contribution in [0.25, 0.3) is 0 Å². The van der Waals surface area contributed by atoms with Crippen molar-refractivity contribution in [3.8, 4) is 17.2 Å². The Bertz CT molecular complexity index is 812. The Balaban J connectivity index is 1.90. The van der Waals surface area contributed by atoms with Crippen molar-refractivity contribution in [2.75, 3.05) is 12.4 Å². The van der Waals surface area contributed by atoms with Gasteiger partial charge in [-0.3, -0.25) is 4.79 Å². The molecule has 0 saturated heterocycles. The van der Waals surface area contributed by atoms with Crippen molar-refractivity contribution in [3.63, 3.8) is 0 Å². The number of amides is 2. The molecule has 0 spiro atoms. The van der Waals surface area contributed by atoms with Gasteiger partial charge in [-0.1, -0.05) is 6.07 Å². The van der Waals surface area contributed by atoms with Crippen LogP contribution in [0.3, 0.4) is 0 Å². The Labute approximate surface area is 165 Å². The predicted molar refractivity (Wildman–Crippen MR) is 107 cm³/mol. The van der Waals surface area contributed by atoms with Gasteiger partial charge in [-0.15, -0.1) is 0 Å². The number of benzene rings is 2. The van der Waals surface area contributed by atoms with Gasteiger partial charge in [-0.2, -0.15) is 0 Å². The lowest BCUT2D eigenvalue weighted by atomic mass is 10.2. The van der Waals surface area contributed by atoms with Crippen LogP contribution in [0, 0.1) is 0 Å². The molecule has 2 aromatic carbocycles. The van der Waals surface area contributed by atoms with Gasteiger partial charge in [0.15, 0.2) is 0 Å². The number of rotatable bonds is 6. The van der Waals surface area contributed by atoms with Gasteiger partial charge in [-0.25, -0.2) is 4.79 Å². The van der Waals surface area contributed by atoms with Crippen LogP contribution >= 0.6 is 0 Å². The molecule has 0 heterocycles. The number of hydrogen-bond acceptors (Lipinski definition) is 5. The minimum Gasteiger partial charge on any atom is -0.497 e. The molecule has 7 heteroatoms. The van der Waals surface area contributed by atoms with Crippen LogP contribution in [0.1, 0.15) is 27.7 Å². The summed E-state index contributed by atoms with van der Waals surface area (Å²) in [4.78, 5) is 24.0. The zero-order chi connectivity index (χ0) is 20.7. The Morgan fingerprint density at radius 2 is 1.61 bits per heavy atom. The zero-order valence-electron chi connectivity index (χ0n) is 16.7. The number of carbonyl (C=O) groups is 2. The van der Waals surface area contributed by atoms with Crippen molar-refractivity contribution in [1.29, 1.82) is 0 Å². The highest BCUT2D eigenvalue weighted by Gasteiger charge is 2.21. The molecule has 1 atom stereocenters. The molecule has 0 fully saturated rings. The quantitative estimate of drug-likeness (QED) is 0.771. The summed E-state index contributed by atoms with van der Waals surface area (Å²) in [7, 11) is 1.59. The fourth-order valence-corrected chi connectivity index (χ4v) is 2.21. The average molecular weight is 386 g/mol. The molecule has 2 rings (SSSR count). The number of hydrogen-bond donors (Lipinski definition) is 2. The van der Waals surface area contributed by atoms with E-state index < -0.39 is 17.7 Å². The molecule has 0 aromatic heterocycles. The first-order valence-electron chi connectivity index (χ1n) is 8.88. The van der Waals surface area contributed by atoms with E-state index >= 15 is 0 Å². The molecule has 0 bridgehead atoms. The molecule has 2 amide bonds. The van der Waals surface area contributed by atoms with Crippen LogP contribution in [-0.2, 0) is 9.53 Å². The minimum atomic E-state index is -0.748. The van der Waals surface area contributed by atoms with E-state index in [1.165, 1.54) is 0 Å². The second-order valence-electron chi connectivity index (χ2n) is 7.16. The summed E-state index contributed by atoms with van der Waals surface area (Å²) in [6.07, 6.45) is -0.641. The highest BCUT2D eigenvalue weighted by Crippen LogP contribution is 2.26. The molecule has 0 aliphatic rings. The maximum absolute atomic E-state index is 12.2. The first-order chi connectivity index (χ1) is 13.2. The molecule has 0 saturated carbocycles. The number of anilines is 1. The molecule has 0 unspecified atom stereocenters. The lowest BCUT2D eigenvalue weighted by molar-refractivity contribution is -0.117. The van der Waals surface area contributed by atoms with Crippen molar-refractivity contribution < 1.29 is 23.8 Å². The van der Waals surface area contributed by atoms with E-state index in [1.807, 2.05) is 18.2 Å². The highest BCUT2D eigenvalue weighted by molar-refractivity contribution is 5.96. The topological polar surface area (TPSA) is 85.9 Å². The summed E-state index contributed by atoms with van der Waals surface area (Å²) in [5.74, 6) is 1.61. The van der Waals surface area contributed by atoms with Crippen molar-refractivity contribution >= 4 is 17.7 Å². The Morgan fingerprint density at radius 1 is 0.964 bits per heavy atom. The molecular formula is C21H26N2O5. The van der Waals surface area contributed by atoms with Crippen molar-refractivity contribution in [1.82, 2.24) is 5.32 Å². The number of alkyl carbamates (subject to hydrolysis) is 1. The first-order valence-corrected chi connectivity index (χ1v) is 8.88. The van der Waals surface area contributed by atoms with Crippen molar-refractivity contribution in [3.05, 3.63) is 48.5 Å². The lowest BCUT2D eigenvalue weighted by Crippen LogP contribution is -2.43. The van der Waals surface area contributed by atoms with E-state index in [9.17, 15) is 9.59 Å². The number of ether oxygens (including phenoxy) is 3. The summed E-state index contributed by atoms with van der Waals surface area (Å²) < 4.78 is 16.1. The van der Waals surface area contributed by atoms with Gasteiger partial charge in [0.2, 0.25) is 5.91 Å². The van der Waals surface area contributed by atoms with Gasteiger partial charge in [0, 0.05) is 11.8 Å². The Kier molecular flexibility index (Phi) is 6.87. The standard InChI is InChI=1S/C21H26N2O5/c1-14(22-20(25)28-21(2,3)4)19(24)23-15-9-11-16(12-10-15)27-18-8-6-7-17(13-18)26-5/h6-14H,1-5H3,(H,22,25)(H,23,24)/t14-/m1/s1. The maximum Gasteiger partial charge on any atom is 0.408 e. The van der Waals surface area contributed by atoms with Crippen LogP contribution in [0.15, 0.2) is 48.5 Å². The average Bonchev–Trinajstić information content (AvgIpc) is 2.61. The van der Waals surface area contributed by atoms with E-state index in [0.29, 0.717) is 22.9 Å². The molecule has 150 valence electrons. The monoisotopic (exact) mass is 386 g/mol. The fraction of sp³-hybridized carbons (Fsp3) is 0.333. The molecule has 28 heavy (non-hydrogen) atoms. The normalized spacial score (nSPS) is 11.9. The number of nitrogens with one attached hydrogen (secondary N) is 2. The highest BCUT2D eigenvalue weighted by atomic mass is 16.6. The van der Waals surface area contributed by atoms with Gasteiger partial charge in [0.25, 0.3) is 0 Å². The summed E-state index contributed by atoms with van der Waals surface area (Å²) in [5.41, 5.74) is -0.0420. The summed E-state index contributed by atoms with van der Waals surface area (Å²) >= 11 is 0. The maximum atomic E-state index is 12.2. The number of methoxy groups -OCH3 is 1. The third-order valence-electron chi connectivity index (χ3n) is 3.53. The molecule has 7 nitrogen and oxygen atoms in total. The molecule has 2 N–H and O–H groups in total. The van der Waals surface area contributed by atoms with Gasteiger partial charge in [0.05, 0.1) is 7.11 Å². The van der Waals surface area contributed by atoms with E-state index in [-0.39, 0.29) is 5.91 Å². The molecule has 2 aromatic rings. The second-order valence-corrected chi connectivity index (χ2v) is 7.16. The van der Waals surface area contributed by atoms with E-state index in [4.69, 9.17) is 14.2 Å². The molecule has 0 aliphatic carbocycles. The van der Waals surface area contributed by atoms with Gasteiger partial charge >= 0.3 is 6.09 Å². The van der Waals surface area contributed by atoms with Crippen LogP contribution in [0.4, 0.5) is 10.5 Å². The Hall–Kier alpha value is -3.22. The predicted octanol–water partition coefficient (Wildman–Crippen LogP) is 4.34. The second kappa shape index (κ2) is 9.12. The molecule has 0 aliphatic heterocycles. The lowest BCUT2D eigenvalue weighted by Gasteiger charge is -2.21. The summed E-state index contributed by atoms with van der Waals surface area (Å²) in [6, 6.07) is 13.4. The third-order valence-corrected chi connectivity index (χ3v) is 3.53. The van der Waals surface area contributed by atoms with Crippen LogP contribution in [0.5, 0.6) is 17.2 Å². The van der Waals surface area contributed by atoms with Crippen LogP contribution in [0.2, 0.25) is 0 Å². The van der Waals surface area contributed by atoms with Gasteiger partial charge in [0.1, 0.15) is 28.9 Å². The molecule has 0 radical (unpaired) electrons.